The van der Waals surface area contributed by atoms with Crippen LogP contribution >= 0.6 is 0 Å². The lowest BCUT2D eigenvalue weighted by Crippen LogP contribution is -2.32. The van der Waals surface area contributed by atoms with Crippen molar-refractivity contribution in [3.05, 3.63) is 34.4 Å². The van der Waals surface area contributed by atoms with Crippen LogP contribution in [0.2, 0.25) is 0 Å². The predicted octanol–water partition coefficient (Wildman–Crippen LogP) is 4.16. The lowest BCUT2D eigenvalue weighted by atomic mass is 9.95. The van der Waals surface area contributed by atoms with Gasteiger partial charge >= 0.3 is 0 Å². The van der Waals surface area contributed by atoms with E-state index in [0.29, 0.717) is 6.04 Å². The van der Waals surface area contributed by atoms with E-state index in [2.05, 4.69) is 51.7 Å². The van der Waals surface area contributed by atoms with E-state index in [1.165, 1.54) is 36.0 Å². The van der Waals surface area contributed by atoms with E-state index in [0.717, 1.165) is 24.6 Å². The van der Waals surface area contributed by atoms with E-state index >= 15 is 0 Å². The summed E-state index contributed by atoms with van der Waals surface area (Å²) >= 11 is 0. The number of nitrogens with zero attached hydrogens (tertiary/aromatic N) is 1. The number of hydrogen-bond acceptors (Lipinski definition) is 2. The smallest absolute Gasteiger partial charge is 0.0922 e. The van der Waals surface area contributed by atoms with Gasteiger partial charge in [0, 0.05) is 12.6 Å². The lowest BCUT2D eigenvalue weighted by Gasteiger charge is -2.27. The zero-order valence-electron chi connectivity index (χ0n) is 14.3. The first-order chi connectivity index (χ1) is 9.88. The van der Waals surface area contributed by atoms with Crippen LogP contribution in [-0.2, 0) is 0 Å². The zero-order chi connectivity index (χ0) is 15.6. The van der Waals surface area contributed by atoms with Gasteiger partial charge in [0.05, 0.1) is 6.10 Å². The van der Waals surface area contributed by atoms with Gasteiger partial charge in [-0.05, 0) is 69.2 Å². The molecule has 0 saturated heterocycles. The summed E-state index contributed by atoms with van der Waals surface area (Å²) in [5.41, 5.74) is 4.86. The Kier molecular flexibility index (Phi) is 5.45. The van der Waals surface area contributed by atoms with Gasteiger partial charge in [0.2, 0.25) is 0 Å². The van der Waals surface area contributed by atoms with Crippen molar-refractivity contribution < 1.29 is 5.11 Å². The number of aliphatic hydroxyl groups excluding tert-OH is 1. The molecule has 2 nitrogen and oxygen atoms in total. The van der Waals surface area contributed by atoms with E-state index < -0.39 is 0 Å². The maximum atomic E-state index is 10.7. The predicted molar refractivity (Wildman–Crippen MR) is 89.7 cm³/mol. The Labute approximate surface area is 130 Å². The fourth-order valence-corrected chi connectivity index (χ4v) is 3.32. The monoisotopic (exact) mass is 289 g/mol. The minimum absolute atomic E-state index is 0.363. The minimum Gasteiger partial charge on any atom is -0.387 e. The Morgan fingerprint density at radius 2 is 1.71 bits per heavy atom. The molecule has 21 heavy (non-hydrogen) atoms. The van der Waals surface area contributed by atoms with E-state index in [1.807, 2.05) is 0 Å². The first-order valence-corrected chi connectivity index (χ1v) is 8.38. The summed E-state index contributed by atoms with van der Waals surface area (Å²) in [5.74, 6) is 0.728. The molecule has 0 aromatic heterocycles. The Morgan fingerprint density at radius 1 is 1.14 bits per heavy atom. The van der Waals surface area contributed by atoms with Crippen molar-refractivity contribution in [1.29, 1.82) is 0 Å². The lowest BCUT2D eigenvalue weighted by molar-refractivity contribution is 0.104. The maximum Gasteiger partial charge on any atom is 0.0922 e. The molecule has 2 heteroatoms. The molecule has 1 unspecified atom stereocenters. The van der Waals surface area contributed by atoms with Gasteiger partial charge in [0.15, 0.2) is 0 Å². The standard InChI is InChI=1S/C19H31NO/c1-13(2)8-9-20(17-6-7-17)12-18(21)19-15(4)10-14(3)11-16(19)5/h10-11,13,17-18,21H,6-9,12H2,1-5H3. The summed E-state index contributed by atoms with van der Waals surface area (Å²) in [6, 6.07) is 5.08. The molecular formula is C19H31NO. The van der Waals surface area contributed by atoms with Crippen LogP contribution in [0.3, 0.4) is 0 Å². The summed E-state index contributed by atoms with van der Waals surface area (Å²) in [6.07, 6.45) is 3.46. The Morgan fingerprint density at radius 3 is 2.19 bits per heavy atom. The number of hydrogen-bond donors (Lipinski definition) is 1. The van der Waals surface area contributed by atoms with E-state index in [9.17, 15) is 5.11 Å². The number of benzene rings is 1. The van der Waals surface area contributed by atoms with Crippen LogP contribution in [-0.4, -0.2) is 29.1 Å². The average Bonchev–Trinajstić information content (AvgIpc) is 3.16. The molecule has 118 valence electrons. The molecule has 0 amide bonds. The summed E-state index contributed by atoms with van der Waals surface area (Å²) < 4.78 is 0. The molecule has 0 aliphatic heterocycles. The summed E-state index contributed by atoms with van der Waals surface area (Å²) in [4.78, 5) is 2.50. The average molecular weight is 289 g/mol. The minimum atomic E-state index is -0.363. The molecule has 0 bridgehead atoms. The van der Waals surface area contributed by atoms with E-state index in [1.54, 1.807) is 0 Å². The molecule has 1 aliphatic rings. The third kappa shape index (κ3) is 4.55. The molecule has 2 rings (SSSR count). The van der Waals surface area contributed by atoms with Crippen molar-refractivity contribution in [2.45, 2.75) is 66.0 Å². The van der Waals surface area contributed by atoms with Gasteiger partial charge < -0.3 is 5.11 Å². The van der Waals surface area contributed by atoms with Gasteiger partial charge in [-0.2, -0.15) is 0 Å². The summed E-state index contributed by atoms with van der Waals surface area (Å²) in [7, 11) is 0. The molecule has 1 atom stereocenters. The van der Waals surface area contributed by atoms with Crippen LogP contribution in [0.15, 0.2) is 12.1 Å². The fraction of sp³-hybridized carbons (Fsp3) is 0.684. The molecule has 0 heterocycles. The molecule has 1 aromatic rings. The van der Waals surface area contributed by atoms with Crippen LogP contribution in [0.5, 0.6) is 0 Å². The van der Waals surface area contributed by atoms with Gasteiger partial charge in [-0.1, -0.05) is 31.5 Å². The van der Waals surface area contributed by atoms with Gasteiger partial charge in [-0.15, -0.1) is 0 Å². The second-order valence-electron chi connectivity index (χ2n) is 7.24. The molecule has 0 spiro atoms. The maximum absolute atomic E-state index is 10.7. The normalized spacial score (nSPS) is 16.8. The Balaban J connectivity index is 2.06. The highest BCUT2D eigenvalue weighted by Crippen LogP contribution is 2.31. The third-order valence-electron chi connectivity index (χ3n) is 4.54. The third-order valence-corrected chi connectivity index (χ3v) is 4.54. The van der Waals surface area contributed by atoms with Gasteiger partial charge in [0.25, 0.3) is 0 Å². The van der Waals surface area contributed by atoms with Crippen LogP contribution < -0.4 is 0 Å². The fourth-order valence-electron chi connectivity index (χ4n) is 3.32. The summed E-state index contributed by atoms with van der Waals surface area (Å²) in [6.45, 7) is 12.8. The molecule has 1 aliphatic carbocycles. The van der Waals surface area contributed by atoms with Crippen molar-refractivity contribution in [3.63, 3.8) is 0 Å². The second kappa shape index (κ2) is 6.93. The van der Waals surface area contributed by atoms with Gasteiger partial charge in [-0.3, -0.25) is 4.90 Å². The number of aliphatic hydroxyl groups is 1. The van der Waals surface area contributed by atoms with Crippen molar-refractivity contribution in [3.8, 4) is 0 Å². The second-order valence-corrected chi connectivity index (χ2v) is 7.24. The molecular weight excluding hydrogens is 258 g/mol. The van der Waals surface area contributed by atoms with Crippen LogP contribution in [0.25, 0.3) is 0 Å². The molecule has 1 saturated carbocycles. The van der Waals surface area contributed by atoms with Gasteiger partial charge in [0.1, 0.15) is 0 Å². The van der Waals surface area contributed by atoms with Crippen LogP contribution in [0.1, 0.15) is 61.5 Å². The van der Waals surface area contributed by atoms with Crippen molar-refractivity contribution in [2.75, 3.05) is 13.1 Å². The number of aryl methyl sites for hydroxylation is 3. The SMILES string of the molecule is Cc1cc(C)c(C(O)CN(CCC(C)C)C2CC2)c(C)c1. The highest BCUT2D eigenvalue weighted by molar-refractivity contribution is 5.39. The van der Waals surface area contributed by atoms with Crippen molar-refractivity contribution in [1.82, 2.24) is 4.90 Å². The first kappa shape index (κ1) is 16.5. The largest absolute Gasteiger partial charge is 0.387 e. The summed E-state index contributed by atoms with van der Waals surface area (Å²) in [5, 5.41) is 10.7. The molecule has 1 aromatic carbocycles. The first-order valence-electron chi connectivity index (χ1n) is 8.38. The quantitative estimate of drug-likeness (QED) is 0.815. The zero-order valence-corrected chi connectivity index (χ0v) is 14.3. The van der Waals surface area contributed by atoms with E-state index in [4.69, 9.17) is 0 Å². The molecule has 1 N–H and O–H groups in total. The molecule has 1 fully saturated rings. The van der Waals surface area contributed by atoms with E-state index in [-0.39, 0.29) is 6.10 Å². The van der Waals surface area contributed by atoms with Crippen LogP contribution in [0, 0.1) is 26.7 Å². The highest BCUT2D eigenvalue weighted by atomic mass is 16.3. The van der Waals surface area contributed by atoms with Gasteiger partial charge in [-0.25, -0.2) is 0 Å². The number of rotatable bonds is 7. The van der Waals surface area contributed by atoms with Crippen molar-refractivity contribution >= 4 is 0 Å². The van der Waals surface area contributed by atoms with Crippen molar-refractivity contribution in [2.24, 2.45) is 5.92 Å². The Bertz CT molecular complexity index is 453. The highest BCUT2D eigenvalue weighted by Gasteiger charge is 2.30. The Hall–Kier alpha value is -0.860. The molecule has 0 radical (unpaired) electrons. The van der Waals surface area contributed by atoms with Crippen LogP contribution in [0.4, 0.5) is 0 Å². The topological polar surface area (TPSA) is 23.5 Å².